The molecule has 10 nitrogen and oxygen atoms in total. The minimum Gasteiger partial charge on any atom is -0.507 e. The number of aliphatic carboxylic acids is 2. The average Bonchev–Trinajstić information content (AvgIpc) is 3.21. The molecule has 0 radical (unpaired) electrons. The molecule has 0 spiro atoms. The molecule has 4 aromatic rings. The summed E-state index contributed by atoms with van der Waals surface area (Å²) in [7, 11) is 0. The Morgan fingerprint density at radius 2 is 1.74 bits per heavy atom. The van der Waals surface area contributed by atoms with Crippen molar-refractivity contribution in [1.29, 1.82) is 0 Å². The molecular weight excluding hydrogens is 438 g/mol. The molecule has 10 N–H and O–H groups in total. The first kappa shape index (κ1) is 22.3. The molecule has 10 heteroatoms. The van der Waals surface area contributed by atoms with E-state index < -0.39 is 24.3 Å². The van der Waals surface area contributed by atoms with Gasteiger partial charge in [-0.2, -0.15) is 0 Å². The number of hydrogen-bond acceptors (Lipinski definition) is 5. The molecule has 1 heterocycles. The van der Waals surface area contributed by atoms with Gasteiger partial charge in [0.25, 0.3) is 5.84 Å². The third-order valence-corrected chi connectivity index (χ3v) is 5.53. The van der Waals surface area contributed by atoms with E-state index >= 15 is 0 Å². The van der Waals surface area contributed by atoms with Crippen molar-refractivity contribution in [2.45, 2.75) is 12.3 Å². The molecule has 0 aliphatic rings. The number of nitrogens with two attached hydrogens (primary N) is 3. The number of aromatic amines is 1. The fraction of sp³-hybridized carbons (Fsp3) is 0.0833. The number of nitrogen functional groups attached to an aromatic ring is 1. The van der Waals surface area contributed by atoms with E-state index in [2.05, 4.69) is 9.97 Å². The Bertz CT molecular complexity index is 1460. The molecule has 0 aliphatic heterocycles. The highest BCUT2D eigenvalue weighted by Gasteiger charge is 2.27. The second kappa shape index (κ2) is 8.58. The van der Waals surface area contributed by atoms with E-state index in [0.29, 0.717) is 27.8 Å². The monoisotopic (exact) mass is 460 g/mol. The van der Waals surface area contributed by atoms with Gasteiger partial charge in [0.1, 0.15) is 11.6 Å². The first-order chi connectivity index (χ1) is 16.2. The van der Waals surface area contributed by atoms with Crippen LogP contribution in [0.4, 0.5) is 5.69 Å². The van der Waals surface area contributed by atoms with Gasteiger partial charge >= 0.3 is 11.9 Å². The molecule has 0 saturated heterocycles. The van der Waals surface area contributed by atoms with E-state index in [0.717, 1.165) is 0 Å². The zero-order valence-electron chi connectivity index (χ0n) is 17.8. The number of aromatic nitrogens is 2. The molecule has 34 heavy (non-hydrogen) atoms. The maximum atomic E-state index is 11.9. The molecule has 0 aliphatic carbocycles. The molecule has 0 saturated carbocycles. The highest BCUT2D eigenvalue weighted by Crippen LogP contribution is 2.42. The van der Waals surface area contributed by atoms with Gasteiger partial charge in [-0.25, -0.2) is 4.98 Å². The lowest BCUT2D eigenvalue weighted by Gasteiger charge is -2.17. The predicted octanol–water partition coefficient (Wildman–Crippen LogP) is 1.29. The van der Waals surface area contributed by atoms with Crippen LogP contribution >= 0.6 is 0 Å². The van der Waals surface area contributed by atoms with Crippen molar-refractivity contribution < 1.29 is 30.3 Å². The topological polar surface area (TPSA) is 201 Å². The van der Waals surface area contributed by atoms with Crippen molar-refractivity contribution >= 4 is 34.5 Å². The number of anilines is 1. The summed E-state index contributed by atoms with van der Waals surface area (Å²) < 4.78 is 0. The van der Waals surface area contributed by atoms with Crippen molar-refractivity contribution in [3.05, 3.63) is 65.7 Å². The van der Waals surface area contributed by atoms with Gasteiger partial charge in [-0.15, -0.1) is 0 Å². The maximum Gasteiger partial charge on any atom is 0.311 e. The molecule has 3 aromatic carbocycles. The summed E-state index contributed by atoms with van der Waals surface area (Å²) in [6.07, 6.45) is -0.641. The summed E-state index contributed by atoms with van der Waals surface area (Å²) in [6, 6.07) is 14.7. The standard InChI is InChI=1S/C24H21N5O5/c25-17-4-2-1-3-13(17)15-7-12(14(24(33)34)10-20(30)31)8-16(21(15)32)23-28-18-6-5-11(22(26)27)9-19(18)29-23/h1-9,14,32H,10,25H2,(H3,26,27)(H,28,29)(H,30,31)(H,33,34)/p+1/t14-/m1/s1. The second-order valence-corrected chi connectivity index (χ2v) is 7.81. The number of phenolic OH excluding ortho intramolecular Hbond substituents is 1. The summed E-state index contributed by atoms with van der Waals surface area (Å²) in [5.41, 5.74) is 15.0. The van der Waals surface area contributed by atoms with Crippen LogP contribution in [0.5, 0.6) is 5.75 Å². The molecule has 0 fully saturated rings. The van der Waals surface area contributed by atoms with Crippen LogP contribution in [-0.4, -0.2) is 43.1 Å². The van der Waals surface area contributed by atoms with Crippen LogP contribution < -0.4 is 16.9 Å². The van der Waals surface area contributed by atoms with Crippen LogP contribution in [-0.2, 0) is 9.59 Å². The van der Waals surface area contributed by atoms with Gasteiger partial charge in [-0.05, 0) is 42.0 Å². The first-order valence-corrected chi connectivity index (χ1v) is 10.2. The number of phenols is 1. The summed E-state index contributed by atoms with van der Waals surface area (Å²) in [5, 5.41) is 35.8. The number of imidazole rings is 1. The average molecular weight is 460 g/mol. The number of H-pyrrole nitrogens is 1. The summed E-state index contributed by atoms with van der Waals surface area (Å²) in [6.45, 7) is 0. The van der Waals surface area contributed by atoms with Gasteiger partial charge < -0.3 is 26.0 Å². The zero-order valence-corrected chi connectivity index (χ0v) is 17.8. The largest absolute Gasteiger partial charge is 0.507 e. The van der Waals surface area contributed by atoms with Crippen LogP contribution in [0.2, 0.25) is 0 Å². The fourth-order valence-electron chi connectivity index (χ4n) is 3.83. The lowest BCUT2D eigenvalue weighted by molar-refractivity contribution is -0.145. The number of aromatic hydroxyl groups is 1. The van der Waals surface area contributed by atoms with Crippen molar-refractivity contribution in [2.75, 3.05) is 5.73 Å². The van der Waals surface area contributed by atoms with Crippen LogP contribution in [0.3, 0.4) is 0 Å². The number of nitrogens with one attached hydrogen (secondary N) is 1. The van der Waals surface area contributed by atoms with Crippen molar-refractivity contribution in [1.82, 2.24) is 9.97 Å². The van der Waals surface area contributed by atoms with Crippen LogP contribution in [0.1, 0.15) is 23.5 Å². The van der Waals surface area contributed by atoms with Gasteiger partial charge in [0.15, 0.2) is 0 Å². The molecule has 0 bridgehead atoms. The Morgan fingerprint density at radius 1 is 1.03 bits per heavy atom. The van der Waals surface area contributed by atoms with Gasteiger partial charge in [0.05, 0.1) is 34.5 Å². The van der Waals surface area contributed by atoms with E-state index in [4.69, 9.17) is 16.9 Å². The number of rotatable bonds is 7. The Hall–Kier alpha value is -4.86. The molecule has 1 atom stereocenters. The van der Waals surface area contributed by atoms with Gasteiger partial charge in [-0.3, -0.25) is 20.7 Å². The van der Waals surface area contributed by atoms with E-state index in [1.807, 2.05) is 0 Å². The maximum absolute atomic E-state index is 11.9. The Kier molecular flexibility index (Phi) is 5.64. The van der Waals surface area contributed by atoms with Crippen LogP contribution in [0.25, 0.3) is 33.5 Å². The lowest BCUT2D eigenvalue weighted by atomic mass is 9.89. The van der Waals surface area contributed by atoms with E-state index in [1.54, 1.807) is 42.5 Å². The van der Waals surface area contributed by atoms with Crippen molar-refractivity contribution in [3.8, 4) is 28.3 Å². The first-order valence-electron chi connectivity index (χ1n) is 10.2. The number of hydrogen-bond donors (Lipinski definition) is 7. The Balaban J connectivity index is 1.98. The highest BCUT2D eigenvalue weighted by molar-refractivity contribution is 5.97. The summed E-state index contributed by atoms with van der Waals surface area (Å²) in [5.74, 6) is -3.75. The third-order valence-electron chi connectivity index (χ3n) is 5.53. The second-order valence-electron chi connectivity index (χ2n) is 7.81. The predicted molar refractivity (Wildman–Crippen MR) is 126 cm³/mol. The minimum atomic E-state index is -1.36. The number of carboxylic acids is 2. The Labute approximate surface area is 193 Å². The van der Waals surface area contributed by atoms with Gasteiger partial charge in [0.2, 0.25) is 0 Å². The number of fused-ring (bicyclic) bond motifs is 1. The SMILES string of the molecule is NC(=[NH2+])c1ccc2nc(-c3cc([C@@H](CC(=O)O)C(=O)O)cc(-c4ccccc4N)c3O)[nH]c2c1. The molecule has 0 amide bonds. The third kappa shape index (κ3) is 4.11. The van der Waals surface area contributed by atoms with E-state index in [-0.39, 0.29) is 34.1 Å². The van der Waals surface area contributed by atoms with Gasteiger partial charge in [-0.1, -0.05) is 18.2 Å². The molecule has 1 aromatic heterocycles. The van der Waals surface area contributed by atoms with E-state index in [1.165, 1.54) is 12.1 Å². The van der Waals surface area contributed by atoms with E-state index in [9.17, 15) is 24.9 Å². The number of nitrogens with zero attached hydrogens (tertiary/aromatic N) is 1. The number of carboxylic acid groups (broad SMARTS) is 2. The molecule has 4 rings (SSSR count). The molecule has 0 unspecified atom stereocenters. The minimum absolute atomic E-state index is 0.128. The van der Waals surface area contributed by atoms with Gasteiger partial charge in [0, 0.05) is 16.8 Å². The normalized spacial score (nSPS) is 11.9. The van der Waals surface area contributed by atoms with Crippen LogP contribution in [0, 0.1) is 0 Å². The summed E-state index contributed by atoms with van der Waals surface area (Å²) >= 11 is 0. The molecular formula is C24H22N5O5+. The van der Waals surface area contributed by atoms with Crippen LogP contribution in [0.15, 0.2) is 54.6 Å². The highest BCUT2D eigenvalue weighted by atomic mass is 16.4. The van der Waals surface area contributed by atoms with Crippen molar-refractivity contribution in [3.63, 3.8) is 0 Å². The fourth-order valence-corrected chi connectivity index (χ4v) is 3.83. The zero-order chi connectivity index (χ0) is 24.6. The quantitative estimate of drug-likeness (QED) is 0.121. The number of benzene rings is 3. The molecule has 172 valence electrons. The number of para-hydroxylation sites is 1. The van der Waals surface area contributed by atoms with Crippen molar-refractivity contribution in [2.24, 2.45) is 5.73 Å². The smallest absolute Gasteiger partial charge is 0.311 e. The lowest BCUT2D eigenvalue weighted by Crippen LogP contribution is -2.46. The summed E-state index contributed by atoms with van der Waals surface area (Å²) in [4.78, 5) is 30.9. The Morgan fingerprint density at radius 3 is 2.38 bits per heavy atom. The number of carbonyl (C=O) groups is 2. The number of amidine groups is 1.